The molecule has 1 aromatic rings. The summed E-state index contributed by atoms with van der Waals surface area (Å²) in [6.45, 7) is -0.884. The van der Waals surface area contributed by atoms with Crippen molar-refractivity contribution in [3.8, 4) is 5.75 Å². The number of hydrogen-bond acceptors (Lipinski definition) is 1. The number of benzene rings is 1. The Morgan fingerprint density at radius 2 is 1.88 bits per heavy atom. The summed E-state index contributed by atoms with van der Waals surface area (Å²) in [5, 5.41) is 0. The minimum absolute atomic E-state index is 0. The van der Waals surface area contributed by atoms with E-state index in [1.54, 1.807) is 0 Å². The zero-order chi connectivity index (χ0) is 12.2. The van der Waals surface area contributed by atoms with Gasteiger partial charge in [-0.1, -0.05) is 25.0 Å². The van der Waals surface area contributed by atoms with Crippen molar-refractivity contribution >= 4 is 12.4 Å². The third-order valence-corrected chi connectivity index (χ3v) is 2.36. The molecule has 0 radical (unpaired) electrons. The Bertz CT molecular complexity index is 355. The van der Waals surface area contributed by atoms with Crippen LogP contribution in [0.2, 0.25) is 0 Å². The topological polar surface area (TPSA) is 9.23 Å². The van der Waals surface area contributed by atoms with Gasteiger partial charge in [-0.15, -0.1) is 5.46 Å². The van der Waals surface area contributed by atoms with Crippen LogP contribution in [0.5, 0.6) is 5.75 Å². The maximum absolute atomic E-state index is 12.5. The molecule has 6 heteroatoms. The third kappa shape index (κ3) is 5.79. The minimum Gasteiger partial charge on any atom is -0.494 e. The molecule has 17 heavy (non-hydrogen) atoms. The molecule has 0 heterocycles. The van der Waals surface area contributed by atoms with Gasteiger partial charge in [-0.3, -0.25) is 0 Å². The van der Waals surface area contributed by atoms with Gasteiger partial charge in [0.15, 0.2) is 0 Å². The van der Waals surface area contributed by atoms with Gasteiger partial charge < -0.3 is 17.7 Å². The fourth-order valence-electron chi connectivity index (χ4n) is 1.44. The second-order valence-electron chi connectivity index (χ2n) is 3.80. The Labute approximate surface area is 143 Å². The Morgan fingerprint density at radius 1 is 1.24 bits per heavy atom. The summed E-state index contributed by atoms with van der Waals surface area (Å²) in [4.78, 5) is 0. The van der Waals surface area contributed by atoms with Gasteiger partial charge >= 0.3 is 58.4 Å². The van der Waals surface area contributed by atoms with Crippen LogP contribution in [0.1, 0.15) is 25.3 Å². The molecule has 0 aromatic heterocycles. The molecule has 0 fully saturated rings. The van der Waals surface area contributed by atoms with Crippen LogP contribution in [0.15, 0.2) is 18.2 Å². The van der Waals surface area contributed by atoms with Crippen molar-refractivity contribution in [1.29, 1.82) is 0 Å². The molecule has 0 bridgehead atoms. The summed E-state index contributed by atoms with van der Waals surface area (Å²) < 4.78 is 42.9. The Kier molecular flexibility index (Phi) is 8.08. The molecular formula is C11H15BF3KO. The third-order valence-electron chi connectivity index (χ3n) is 2.36. The van der Waals surface area contributed by atoms with Gasteiger partial charge in [0.25, 0.3) is 0 Å². The van der Waals surface area contributed by atoms with E-state index in [1.807, 2.05) is 6.92 Å². The summed E-state index contributed by atoms with van der Waals surface area (Å²) in [6.07, 6.45) is 1.91. The van der Waals surface area contributed by atoms with Crippen LogP contribution >= 0.6 is 0 Å². The van der Waals surface area contributed by atoms with Crippen molar-refractivity contribution in [1.82, 2.24) is 0 Å². The predicted octanol–water partition coefficient (Wildman–Crippen LogP) is 0.232. The summed E-state index contributed by atoms with van der Waals surface area (Å²) in [7, 11) is 0. The Hall–Kier alpha value is 0.511. The second-order valence-corrected chi connectivity index (χ2v) is 3.80. The van der Waals surface area contributed by atoms with Crippen LogP contribution in [0, 0.1) is 6.92 Å². The van der Waals surface area contributed by atoms with E-state index in [-0.39, 0.29) is 56.9 Å². The van der Waals surface area contributed by atoms with Gasteiger partial charge in [-0.05, 0) is 25.5 Å². The fourth-order valence-corrected chi connectivity index (χ4v) is 1.44. The van der Waals surface area contributed by atoms with Crippen LogP contribution in [0.25, 0.3) is 0 Å². The van der Waals surface area contributed by atoms with Crippen LogP contribution < -0.4 is 61.6 Å². The number of rotatable bonds is 5. The largest absolute Gasteiger partial charge is 1.00 e. The number of hydrogen-bond donors (Lipinski definition) is 0. The number of ether oxygens (including phenoxy) is 1. The maximum atomic E-state index is 12.5. The van der Waals surface area contributed by atoms with Crippen molar-refractivity contribution in [3.05, 3.63) is 23.8 Å². The van der Waals surface area contributed by atoms with Crippen molar-refractivity contribution in [3.63, 3.8) is 0 Å². The first-order valence-electron chi connectivity index (χ1n) is 5.38. The monoisotopic (exact) mass is 270 g/mol. The van der Waals surface area contributed by atoms with Crippen molar-refractivity contribution in [2.75, 3.05) is 6.61 Å². The first-order chi connectivity index (χ1) is 7.45. The molecular weight excluding hydrogens is 255 g/mol. The quantitative estimate of drug-likeness (QED) is 0.550. The van der Waals surface area contributed by atoms with Crippen molar-refractivity contribution < 1.29 is 69.1 Å². The van der Waals surface area contributed by atoms with E-state index in [2.05, 4.69) is 0 Å². The minimum atomic E-state index is -4.92. The van der Waals surface area contributed by atoms with E-state index in [4.69, 9.17) is 4.74 Å². The average molecular weight is 270 g/mol. The SMILES string of the molecule is CCCCOc1ccc([B-](F)(F)F)c(C)c1.[K+]. The van der Waals surface area contributed by atoms with Gasteiger partial charge in [0, 0.05) is 0 Å². The fraction of sp³-hybridized carbons (Fsp3) is 0.455. The van der Waals surface area contributed by atoms with Gasteiger partial charge in [0.2, 0.25) is 0 Å². The first kappa shape index (κ1) is 17.5. The molecule has 0 unspecified atom stereocenters. The Morgan fingerprint density at radius 3 is 2.35 bits per heavy atom. The smallest absolute Gasteiger partial charge is 0.494 e. The molecule has 90 valence electrons. The molecule has 1 nitrogen and oxygen atoms in total. The van der Waals surface area contributed by atoms with Crippen LogP contribution in [0.3, 0.4) is 0 Å². The molecule has 0 amide bonds. The van der Waals surface area contributed by atoms with Crippen LogP contribution in [0.4, 0.5) is 12.9 Å². The summed E-state index contributed by atoms with van der Waals surface area (Å²) >= 11 is 0. The maximum Gasteiger partial charge on any atom is 1.00 e. The molecule has 0 N–H and O–H groups in total. The van der Waals surface area contributed by atoms with E-state index in [0.717, 1.165) is 18.9 Å². The molecule has 1 rings (SSSR count). The summed E-state index contributed by atoms with van der Waals surface area (Å²) in [5.74, 6) is 0.509. The molecule has 1 aromatic carbocycles. The normalized spacial score (nSPS) is 10.9. The number of unbranched alkanes of at least 4 members (excludes halogenated alkanes) is 1. The van der Waals surface area contributed by atoms with Crippen molar-refractivity contribution in [2.45, 2.75) is 26.7 Å². The van der Waals surface area contributed by atoms with E-state index in [1.165, 1.54) is 19.1 Å². The predicted molar refractivity (Wildman–Crippen MR) is 60.3 cm³/mol. The molecule has 0 atom stereocenters. The van der Waals surface area contributed by atoms with E-state index >= 15 is 0 Å². The second kappa shape index (κ2) is 7.84. The number of halogens is 3. The van der Waals surface area contributed by atoms with Gasteiger partial charge in [-0.25, -0.2) is 0 Å². The molecule has 0 saturated heterocycles. The zero-order valence-corrected chi connectivity index (χ0v) is 13.6. The first-order valence-corrected chi connectivity index (χ1v) is 5.38. The average Bonchev–Trinajstić information content (AvgIpc) is 2.16. The van der Waals surface area contributed by atoms with Crippen LogP contribution in [-0.2, 0) is 0 Å². The molecule has 0 spiro atoms. The van der Waals surface area contributed by atoms with E-state index in [0.29, 0.717) is 12.4 Å². The van der Waals surface area contributed by atoms with Gasteiger partial charge in [0.1, 0.15) is 5.75 Å². The molecule has 0 aliphatic rings. The standard InChI is InChI=1S/C11H15BF3O.K/c1-3-4-7-16-10-5-6-11(9(2)8-10)12(13,14)15;/h5-6,8H,3-4,7H2,1-2H3;/q-1;+1. The van der Waals surface area contributed by atoms with Crippen LogP contribution in [-0.4, -0.2) is 13.6 Å². The van der Waals surface area contributed by atoms with Gasteiger partial charge in [0.05, 0.1) is 6.61 Å². The summed E-state index contributed by atoms with van der Waals surface area (Å²) in [5.41, 5.74) is -0.315. The van der Waals surface area contributed by atoms with Gasteiger partial charge in [-0.2, -0.15) is 0 Å². The van der Waals surface area contributed by atoms with E-state index < -0.39 is 12.4 Å². The van der Waals surface area contributed by atoms with Crippen molar-refractivity contribution in [2.24, 2.45) is 0 Å². The summed E-state index contributed by atoms with van der Waals surface area (Å²) in [6, 6.07) is 3.92. The molecule has 0 saturated carbocycles. The Balaban J connectivity index is 0.00000256. The molecule has 0 aliphatic carbocycles. The van der Waals surface area contributed by atoms with E-state index in [9.17, 15) is 12.9 Å². The number of aryl methyl sites for hydroxylation is 1. The molecule has 0 aliphatic heterocycles. The zero-order valence-electron chi connectivity index (χ0n) is 10.5.